The molecule has 0 aromatic carbocycles. The topological polar surface area (TPSA) is 58.4 Å². The third-order valence-electron chi connectivity index (χ3n) is 4.36. The Morgan fingerprint density at radius 1 is 1.33 bits per heavy atom. The second-order valence-corrected chi connectivity index (χ2v) is 6.49. The summed E-state index contributed by atoms with van der Waals surface area (Å²) in [5, 5.41) is 0. The molecule has 0 bridgehead atoms. The fourth-order valence-corrected chi connectivity index (χ4v) is 3.15. The Bertz CT molecular complexity index is 826. The monoisotopic (exact) mass is 326 g/mol. The van der Waals surface area contributed by atoms with Gasteiger partial charge in [-0.05, 0) is 49.3 Å². The summed E-state index contributed by atoms with van der Waals surface area (Å²) in [7, 11) is 5.72. The highest BCUT2D eigenvalue weighted by molar-refractivity contribution is 5.94. The van der Waals surface area contributed by atoms with Crippen molar-refractivity contribution < 1.29 is 4.79 Å². The Balaban J connectivity index is 1.86. The Hall–Kier alpha value is -2.47. The van der Waals surface area contributed by atoms with Gasteiger partial charge >= 0.3 is 0 Å². The number of rotatable bonds is 3. The Morgan fingerprint density at radius 2 is 2.12 bits per heavy atom. The smallest absolute Gasteiger partial charge is 0.263 e. The molecule has 0 radical (unpaired) electrons. The molecular weight excluding hydrogens is 304 g/mol. The molecule has 126 valence electrons. The van der Waals surface area contributed by atoms with E-state index in [4.69, 9.17) is 0 Å². The molecule has 6 nitrogen and oxygen atoms in total. The van der Waals surface area contributed by atoms with Gasteiger partial charge in [0.25, 0.3) is 11.5 Å². The van der Waals surface area contributed by atoms with Crippen LogP contribution in [0.15, 0.2) is 35.5 Å². The van der Waals surface area contributed by atoms with E-state index in [1.54, 1.807) is 30.3 Å². The molecule has 2 aromatic heterocycles. The van der Waals surface area contributed by atoms with Crippen molar-refractivity contribution >= 4 is 5.91 Å². The zero-order chi connectivity index (χ0) is 17.3. The van der Waals surface area contributed by atoms with Gasteiger partial charge in [-0.15, -0.1) is 0 Å². The maximum atomic E-state index is 12.7. The first-order chi connectivity index (χ1) is 11.5. The van der Waals surface area contributed by atoms with Crippen molar-refractivity contribution in [1.82, 2.24) is 19.4 Å². The molecule has 0 spiro atoms. The van der Waals surface area contributed by atoms with Crippen molar-refractivity contribution in [3.05, 3.63) is 63.3 Å². The number of carbonyl (C=O) groups excluding carboxylic acids is 1. The molecule has 0 fully saturated rings. The molecule has 0 atom stereocenters. The number of aryl methyl sites for hydroxylation is 1. The Morgan fingerprint density at radius 3 is 2.88 bits per heavy atom. The van der Waals surface area contributed by atoms with E-state index in [0.717, 1.165) is 18.5 Å². The summed E-state index contributed by atoms with van der Waals surface area (Å²) in [6.45, 7) is 1.96. The van der Waals surface area contributed by atoms with Gasteiger partial charge < -0.3 is 14.4 Å². The van der Waals surface area contributed by atoms with Gasteiger partial charge in [0.1, 0.15) is 5.56 Å². The van der Waals surface area contributed by atoms with Gasteiger partial charge in [-0.25, -0.2) is 0 Å². The number of fused-ring (bicyclic) bond motifs is 1. The summed E-state index contributed by atoms with van der Waals surface area (Å²) in [5.41, 5.74) is 3.53. The maximum absolute atomic E-state index is 12.7. The molecule has 0 aliphatic carbocycles. The Labute approximate surface area is 141 Å². The zero-order valence-electron chi connectivity index (χ0n) is 14.3. The fraction of sp³-hybridized carbons (Fsp3) is 0.389. The van der Waals surface area contributed by atoms with E-state index in [1.807, 2.05) is 26.5 Å². The predicted molar refractivity (Wildman–Crippen MR) is 91.8 cm³/mol. The number of carbonyl (C=O) groups is 1. The molecule has 3 heterocycles. The van der Waals surface area contributed by atoms with E-state index in [9.17, 15) is 9.59 Å². The highest BCUT2D eigenvalue weighted by Crippen LogP contribution is 2.23. The molecule has 0 unspecified atom stereocenters. The summed E-state index contributed by atoms with van der Waals surface area (Å²) in [6, 6.07) is 3.32. The molecular formula is C18H22N4O2. The van der Waals surface area contributed by atoms with Gasteiger partial charge in [0.05, 0.1) is 0 Å². The van der Waals surface area contributed by atoms with Crippen molar-refractivity contribution in [2.24, 2.45) is 7.05 Å². The van der Waals surface area contributed by atoms with Crippen LogP contribution >= 0.6 is 0 Å². The van der Waals surface area contributed by atoms with E-state index in [0.29, 0.717) is 13.1 Å². The molecule has 6 heteroatoms. The summed E-state index contributed by atoms with van der Waals surface area (Å²) >= 11 is 0. The van der Waals surface area contributed by atoms with Crippen LogP contribution in [0, 0.1) is 0 Å². The minimum absolute atomic E-state index is 0.208. The quantitative estimate of drug-likeness (QED) is 0.846. The summed E-state index contributed by atoms with van der Waals surface area (Å²) in [6.07, 6.45) is 6.18. The van der Waals surface area contributed by atoms with E-state index in [2.05, 4.69) is 9.88 Å². The lowest BCUT2D eigenvalue weighted by atomic mass is 9.96. The molecule has 1 aliphatic rings. The number of pyridine rings is 2. The SMILES string of the molecule is CN(C)Cc1cncc2c1CCN(C(=O)c1cccn(C)c1=O)C2. The van der Waals surface area contributed by atoms with Crippen LogP contribution in [0.25, 0.3) is 0 Å². The predicted octanol–water partition coefficient (Wildman–Crippen LogP) is 1.04. The number of aromatic nitrogens is 2. The Kier molecular flexibility index (Phi) is 4.49. The molecule has 24 heavy (non-hydrogen) atoms. The number of amides is 1. The number of hydrogen-bond acceptors (Lipinski definition) is 4. The molecule has 3 rings (SSSR count). The van der Waals surface area contributed by atoms with Crippen LogP contribution in [-0.2, 0) is 26.6 Å². The van der Waals surface area contributed by atoms with Gasteiger partial charge in [0.15, 0.2) is 0 Å². The molecule has 0 saturated carbocycles. The van der Waals surface area contributed by atoms with Crippen LogP contribution < -0.4 is 5.56 Å². The van der Waals surface area contributed by atoms with Crippen molar-refractivity contribution in [2.75, 3.05) is 20.6 Å². The van der Waals surface area contributed by atoms with Crippen LogP contribution in [0.3, 0.4) is 0 Å². The van der Waals surface area contributed by atoms with E-state index < -0.39 is 0 Å². The highest BCUT2D eigenvalue weighted by Gasteiger charge is 2.25. The first-order valence-corrected chi connectivity index (χ1v) is 8.01. The van der Waals surface area contributed by atoms with E-state index in [1.165, 1.54) is 15.7 Å². The van der Waals surface area contributed by atoms with Gasteiger partial charge in [-0.3, -0.25) is 14.6 Å². The summed E-state index contributed by atoms with van der Waals surface area (Å²) in [5.74, 6) is -0.208. The van der Waals surface area contributed by atoms with E-state index >= 15 is 0 Å². The van der Waals surface area contributed by atoms with Crippen molar-refractivity contribution in [3.8, 4) is 0 Å². The van der Waals surface area contributed by atoms with Gasteiger partial charge in [-0.2, -0.15) is 0 Å². The molecule has 0 N–H and O–H groups in total. The summed E-state index contributed by atoms with van der Waals surface area (Å²) < 4.78 is 1.43. The van der Waals surface area contributed by atoms with Crippen molar-refractivity contribution in [3.63, 3.8) is 0 Å². The second kappa shape index (κ2) is 6.57. The molecule has 2 aromatic rings. The van der Waals surface area contributed by atoms with Gasteiger partial charge in [0.2, 0.25) is 0 Å². The van der Waals surface area contributed by atoms with E-state index in [-0.39, 0.29) is 17.0 Å². The molecule has 0 saturated heterocycles. The number of nitrogens with zero attached hydrogens (tertiary/aromatic N) is 4. The van der Waals surface area contributed by atoms with Crippen molar-refractivity contribution in [1.29, 1.82) is 0 Å². The summed E-state index contributed by atoms with van der Waals surface area (Å²) in [4.78, 5) is 33.1. The maximum Gasteiger partial charge on any atom is 0.263 e. The number of hydrogen-bond donors (Lipinski definition) is 0. The standard InChI is InChI=1S/C18H22N4O2/c1-20(2)11-13-9-19-10-14-12-22(8-6-15(13)14)18(24)16-5-4-7-21(3)17(16)23/h4-5,7,9-10H,6,8,11-12H2,1-3H3. The lowest BCUT2D eigenvalue weighted by Crippen LogP contribution is -2.39. The highest BCUT2D eigenvalue weighted by atomic mass is 16.2. The lowest BCUT2D eigenvalue weighted by molar-refractivity contribution is 0.0731. The average molecular weight is 326 g/mol. The first kappa shape index (κ1) is 16.4. The normalized spacial score (nSPS) is 13.9. The largest absolute Gasteiger partial charge is 0.334 e. The zero-order valence-corrected chi connectivity index (χ0v) is 14.3. The fourth-order valence-electron chi connectivity index (χ4n) is 3.15. The third-order valence-corrected chi connectivity index (χ3v) is 4.36. The van der Waals surface area contributed by atoms with Crippen LogP contribution in [0.2, 0.25) is 0 Å². The van der Waals surface area contributed by atoms with Crippen molar-refractivity contribution in [2.45, 2.75) is 19.5 Å². The van der Waals surface area contributed by atoms with Crippen LogP contribution in [-0.4, -0.2) is 45.9 Å². The minimum atomic E-state index is -0.257. The second-order valence-electron chi connectivity index (χ2n) is 6.49. The third kappa shape index (κ3) is 3.10. The van der Waals surface area contributed by atoms with Crippen LogP contribution in [0.4, 0.5) is 0 Å². The lowest BCUT2D eigenvalue weighted by Gasteiger charge is -2.30. The van der Waals surface area contributed by atoms with Crippen LogP contribution in [0.5, 0.6) is 0 Å². The molecule has 1 amide bonds. The first-order valence-electron chi connectivity index (χ1n) is 8.01. The minimum Gasteiger partial charge on any atom is -0.334 e. The van der Waals surface area contributed by atoms with Gasteiger partial charge in [-0.1, -0.05) is 0 Å². The van der Waals surface area contributed by atoms with Crippen LogP contribution in [0.1, 0.15) is 27.0 Å². The average Bonchev–Trinajstić information content (AvgIpc) is 2.56. The van der Waals surface area contributed by atoms with Gasteiger partial charge in [0, 0.05) is 45.3 Å². The molecule has 1 aliphatic heterocycles.